The van der Waals surface area contributed by atoms with Crippen molar-refractivity contribution >= 4 is 23.5 Å². The second kappa shape index (κ2) is 8.78. The first-order chi connectivity index (χ1) is 13.3. The Hall–Kier alpha value is -2.34. The molecule has 7 heteroatoms. The predicted octanol–water partition coefficient (Wildman–Crippen LogP) is 4.53. The maximum atomic E-state index is 12.4. The number of anilines is 1. The van der Waals surface area contributed by atoms with Gasteiger partial charge in [-0.25, -0.2) is 9.78 Å². The zero-order valence-electron chi connectivity index (χ0n) is 16.6. The number of pyridine rings is 2. The molecule has 150 valence electrons. The van der Waals surface area contributed by atoms with Crippen LogP contribution in [-0.2, 0) is 11.2 Å². The fourth-order valence-electron chi connectivity index (χ4n) is 3.26. The third kappa shape index (κ3) is 6.09. The summed E-state index contributed by atoms with van der Waals surface area (Å²) in [5.74, 6) is 0.724. The highest BCUT2D eigenvalue weighted by atomic mass is 35.5. The summed E-state index contributed by atoms with van der Waals surface area (Å²) in [7, 11) is 0. The van der Waals surface area contributed by atoms with Crippen LogP contribution in [0.5, 0.6) is 0 Å². The predicted molar refractivity (Wildman–Crippen MR) is 111 cm³/mol. The highest BCUT2D eigenvalue weighted by molar-refractivity contribution is 6.29. The van der Waals surface area contributed by atoms with Crippen LogP contribution in [0.15, 0.2) is 36.7 Å². The van der Waals surface area contributed by atoms with E-state index in [-0.39, 0.29) is 12.1 Å². The van der Waals surface area contributed by atoms with Gasteiger partial charge in [0.15, 0.2) is 0 Å². The molecule has 1 N–H and O–H groups in total. The van der Waals surface area contributed by atoms with Crippen LogP contribution in [0.2, 0.25) is 5.15 Å². The van der Waals surface area contributed by atoms with Crippen LogP contribution in [0, 0.1) is 0 Å². The largest absolute Gasteiger partial charge is 0.444 e. The van der Waals surface area contributed by atoms with Gasteiger partial charge in [-0.15, -0.1) is 0 Å². The summed E-state index contributed by atoms with van der Waals surface area (Å²) in [4.78, 5) is 22.7. The Labute approximate surface area is 171 Å². The zero-order valence-corrected chi connectivity index (χ0v) is 17.4. The van der Waals surface area contributed by atoms with Crippen LogP contribution in [0.25, 0.3) is 0 Å². The molecule has 1 aliphatic rings. The Bertz CT molecular complexity index is 808. The third-order valence-corrected chi connectivity index (χ3v) is 4.60. The number of carbonyl (C=O) groups excluding carboxylic acids is 1. The van der Waals surface area contributed by atoms with E-state index in [1.54, 1.807) is 11.1 Å². The summed E-state index contributed by atoms with van der Waals surface area (Å²) >= 11 is 6.23. The minimum Gasteiger partial charge on any atom is -0.444 e. The highest BCUT2D eigenvalue weighted by Crippen LogP contribution is 2.21. The van der Waals surface area contributed by atoms with Gasteiger partial charge < -0.3 is 15.0 Å². The number of rotatable bonds is 4. The molecule has 3 rings (SSSR count). The maximum absolute atomic E-state index is 12.4. The number of aromatic nitrogens is 2. The van der Waals surface area contributed by atoms with Gasteiger partial charge >= 0.3 is 6.09 Å². The molecule has 1 saturated heterocycles. The Kier molecular flexibility index (Phi) is 6.39. The number of amides is 1. The van der Waals surface area contributed by atoms with Crippen LogP contribution in [0.1, 0.15) is 44.7 Å². The van der Waals surface area contributed by atoms with Crippen LogP contribution < -0.4 is 5.32 Å². The average Bonchev–Trinajstić information content (AvgIpc) is 2.61. The Morgan fingerprint density at radius 3 is 2.89 bits per heavy atom. The van der Waals surface area contributed by atoms with Gasteiger partial charge in [0.1, 0.15) is 16.6 Å². The maximum Gasteiger partial charge on any atom is 0.410 e. The van der Waals surface area contributed by atoms with E-state index in [0.29, 0.717) is 18.2 Å². The lowest BCUT2D eigenvalue weighted by molar-refractivity contribution is 0.0206. The topological polar surface area (TPSA) is 67.3 Å². The number of likely N-dealkylation sites (tertiary alicyclic amines) is 1. The molecule has 0 saturated carbocycles. The van der Waals surface area contributed by atoms with Crippen molar-refractivity contribution in [2.45, 2.75) is 51.7 Å². The fraction of sp³-hybridized carbons (Fsp3) is 0.476. The second-order valence-corrected chi connectivity index (χ2v) is 8.52. The van der Waals surface area contributed by atoms with Crippen molar-refractivity contribution in [3.05, 3.63) is 52.9 Å². The number of nitrogens with one attached hydrogen (secondary N) is 1. The van der Waals surface area contributed by atoms with E-state index >= 15 is 0 Å². The van der Waals surface area contributed by atoms with Gasteiger partial charge in [0.2, 0.25) is 0 Å². The van der Waals surface area contributed by atoms with Crippen molar-refractivity contribution in [2.24, 2.45) is 0 Å². The first-order valence-corrected chi connectivity index (χ1v) is 9.96. The van der Waals surface area contributed by atoms with Gasteiger partial charge in [-0.2, -0.15) is 0 Å². The number of hydrogen-bond donors (Lipinski definition) is 1. The molecule has 1 unspecified atom stereocenters. The van der Waals surface area contributed by atoms with Gasteiger partial charge in [-0.05, 0) is 69.4 Å². The minimum atomic E-state index is -0.493. The van der Waals surface area contributed by atoms with Crippen molar-refractivity contribution in [1.29, 1.82) is 0 Å². The number of piperidine rings is 1. The smallest absolute Gasteiger partial charge is 0.410 e. The number of ether oxygens (including phenoxy) is 1. The molecule has 2 aromatic heterocycles. The van der Waals surface area contributed by atoms with E-state index in [0.717, 1.165) is 36.2 Å². The van der Waals surface area contributed by atoms with Gasteiger partial charge in [-0.1, -0.05) is 17.7 Å². The van der Waals surface area contributed by atoms with E-state index in [9.17, 15) is 4.79 Å². The summed E-state index contributed by atoms with van der Waals surface area (Å²) < 4.78 is 5.50. The molecular formula is C21H27ClN4O2. The lowest BCUT2D eigenvalue weighted by Crippen LogP contribution is -2.47. The minimum absolute atomic E-state index is 0.110. The molecular weight excluding hydrogens is 376 g/mol. The van der Waals surface area contributed by atoms with Crippen molar-refractivity contribution in [3.63, 3.8) is 0 Å². The van der Waals surface area contributed by atoms with Gasteiger partial charge in [0.25, 0.3) is 0 Å². The average molecular weight is 403 g/mol. The van der Waals surface area contributed by atoms with E-state index < -0.39 is 5.60 Å². The van der Waals surface area contributed by atoms with Crippen LogP contribution in [-0.4, -0.2) is 45.7 Å². The Morgan fingerprint density at radius 1 is 1.36 bits per heavy atom. The molecule has 1 amide bonds. The molecule has 0 spiro atoms. The summed E-state index contributed by atoms with van der Waals surface area (Å²) in [5.41, 5.74) is 1.69. The number of carbonyl (C=O) groups is 1. The first kappa shape index (κ1) is 20.4. The normalized spacial score (nSPS) is 17.3. The Morgan fingerprint density at radius 2 is 2.18 bits per heavy atom. The molecule has 28 heavy (non-hydrogen) atoms. The lowest BCUT2D eigenvalue weighted by Gasteiger charge is -2.34. The third-order valence-electron chi connectivity index (χ3n) is 4.41. The molecule has 6 nitrogen and oxygen atoms in total. The molecule has 0 aromatic carbocycles. The fourth-order valence-corrected chi connectivity index (χ4v) is 3.49. The number of halogens is 1. The highest BCUT2D eigenvalue weighted by Gasteiger charge is 2.27. The molecule has 1 atom stereocenters. The van der Waals surface area contributed by atoms with Crippen molar-refractivity contribution in [3.8, 4) is 0 Å². The van der Waals surface area contributed by atoms with Gasteiger partial charge in [-0.3, -0.25) is 4.98 Å². The number of nitrogens with zero attached hydrogens (tertiary/aromatic N) is 3. The van der Waals surface area contributed by atoms with Crippen LogP contribution in [0.3, 0.4) is 0 Å². The van der Waals surface area contributed by atoms with Crippen molar-refractivity contribution in [1.82, 2.24) is 14.9 Å². The lowest BCUT2D eigenvalue weighted by atomic mass is 10.1. The summed E-state index contributed by atoms with van der Waals surface area (Å²) in [5, 5.41) is 3.88. The van der Waals surface area contributed by atoms with Gasteiger partial charge in [0, 0.05) is 31.5 Å². The zero-order chi connectivity index (χ0) is 20.1. The molecule has 0 radical (unpaired) electrons. The van der Waals surface area contributed by atoms with Crippen molar-refractivity contribution in [2.75, 3.05) is 18.4 Å². The SMILES string of the molecule is CC(C)(C)OC(=O)N1CCCC(Nc2cc(Cc3cccnc3)cc(Cl)n2)C1. The van der Waals surface area contributed by atoms with E-state index in [2.05, 4.69) is 15.3 Å². The molecule has 1 aliphatic heterocycles. The molecule has 0 bridgehead atoms. The first-order valence-electron chi connectivity index (χ1n) is 9.58. The molecule has 3 heterocycles. The molecule has 0 aliphatic carbocycles. The van der Waals surface area contributed by atoms with Crippen LogP contribution in [0.4, 0.5) is 10.6 Å². The summed E-state index contributed by atoms with van der Waals surface area (Å²) in [6, 6.07) is 7.94. The summed E-state index contributed by atoms with van der Waals surface area (Å²) in [6.45, 7) is 6.93. The van der Waals surface area contributed by atoms with E-state index in [1.165, 1.54) is 0 Å². The number of hydrogen-bond acceptors (Lipinski definition) is 5. The molecule has 2 aromatic rings. The van der Waals surface area contributed by atoms with E-state index in [1.807, 2.05) is 51.2 Å². The van der Waals surface area contributed by atoms with E-state index in [4.69, 9.17) is 16.3 Å². The quantitative estimate of drug-likeness (QED) is 0.761. The van der Waals surface area contributed by atoms with Crippen LogP contribution >= 0.6 is 11.6 Å². The monoisotopic (exact) mass is 402 g/mol. The summed E-state index contributed by atoms with van der Waals surface area (Å²) in [6.07, 6.45) is 5.96. The second-order valence-electron chi connectivity index (χ2n) is 8.13. The Balaban J connectivity index is 1.65. The van der Waals surface area contributed by atoms with Crippen molar-refractivity contribution < 1.29 is 9.53 Å². The molecule has 1 fully saturated rings. The van der Waals surface area contributed by atoms with Gasteiger partial charge in [0.05, 0.1) is 0 Å². The standard InChI is InChI=1S/C21H27ClN4O2/c1-21(2,3)28-20(27)26-9-5-7-17(14-26)24-19-12-16(11-18(22)25-19)10-15-6-4-8-23-13-15/h4,6,8,11-13,17H,5,7,9-10,14H2,1-3H3,(H,24,25).